The van der Waals surface area contributed by atoms with Crippen molar-refractivity contribution in [1.29, 1.82) is 0 Å². The molecular weight excluding hydrogens is 432 g/mol. The predicted octanol–water partition coefficient (Wildman–Crippen LogP) is 5.42. The van der Waals surface area contributed by atoms with E-state index in [0.717, 1.165) is 22.0 Å². The van der Waals surface area contributed by atoms with E-state index >= 15 is 0 Å². The molecule has 1 N–H and O–H groups in total. The van der Waals surface area contributed by atoms with Gasteiger partial charge in [0.05, 0.1) is 0 Å². The third kappa shape index (κ3) is 6.75. The number of hydrogen-bond acceptors (Lipinski definition) is 2. The van der Waals surface area contributed by atoms with Crippen LogP contribution in [-0.4, -0.2) is 18.4 Å². The molecule has 138 valence electrons. The third-order valence-corrected chi connectivity index (χ3v) is 5.24. The van der Waals surface area contributed by atoms with Crippen molar-refractivity contribution in [2.75, 3.05) is 7.05 Å². The van der Waals surface area contributed by atoms with Gasteiger partial charge in [-0.25, -0.2) is 0 Å². The summed E-state index contributed by atoms with van der Waals surface area (Å²) in [7, 11) is 11.9. The fourth-order valence-electron chi connectivity index (χ4n) is 2.63. The second kappa shape index (κ2) is 11.6. The first-order chi connectivity index (χ1) is 13.1. The molecule has 2 nitrogen and oxygen atoms in total. The van der Waals surface area contributed by atoms with Gasteiger partial charge in [-0.05, 0) is 41.6 Å². The molecule has 6 heteroatoms. The summed E-state index contributed by atoms with van der Waals surface area (Å²) in [6, 6.07) is 22.4. The summed E-state index contributed by atoms with van der Waals surface area (Å²) in [4.78, 5) is 4.15. The van der Waals surface area contributed by atoms with E-state index in [0.29, 0.717) is 14.3 Å². The van der Waals surface area contributed by atoms with E-state index in [1.54, 1.807) is 13.1 Å². The van der Waals surface area contributed by atoms with Crippen molar-refractivity contribution in [2.45, 2.75) is 6.92 Å². The Balaban J connectivity index is 0.000000817. The number of nitrogens with zero attached hydrogens (tertiary/aromatic N) is 1. The SMILES string of the molecule is CN=Cc1cc(C)ccc1Pc1cc(-c2ccccc2)ccc1O.[Cl][Ti][Cl]. The van der Waals surface area contributed by atoms with Crippen LogP contribution >= 0.6 is 27.2 Å². The standard InChI is InChI=1S/C21H20NOP.2ClH.Ti/c1-15-8-11-20(18(12-15)14-22-2)24-21-13-17(9-10-19(21)23)16-6-4-3-5-7-16;;;/h3-14,23-24H,1-2H3;2*1H;/q;;;+2/p-2. The average molecular weight is 452 g/mol. The zero-order valence-electron chi connectivity index (χ0n) is 15.1. The van der Waals surface area contributed by atoms with Gasteiger partial charge in [-0.3, -0.25) is 4.99 Å². The molecule has 3 aromatic carbocycles. The van der Waals surface area contributed by atoms with Crippen LogP contribution in [0.4, 0.5) is 0 Å². The number of aromatic hydroxyl groups is 1. The molecule has 1 atom stereocenters. The molecule has 3 aromatic rings. The van der Waals surface area contributed by atoms with Crippen molar-refractivity contribution in [3.05, 3.63) is 77.9 Å². The van der Waals surface area contributed by atoms with E-state index in [2.05, 4.69) is 48.3 Å². The van der Waals surface area contributed by atoms with E-state index in [1.807, 2.05) is 30.5 Å². The molecule has 0 radical (unpaired) electrons. The quantitative estimate of drug-likeness (QED) is 0.320. The molecule has 0 amide bonds. The molecule has 0 spiro atoms. The summed E-state index contributed by atoms with van der Waals surface area (Å²) in [5.41, 5.74) is 4.59. The number of rotatable bonds is 4. The van der Waals surface area contributed by atoms with Gasteiger partial charge in [0.1, 0.15) is 5.75 Å². The Morgan fingerprint density at radius 1 is 0.926 bits per heavy atom. The van der Waals surface area contributed by atoms with Crippen molar-refractivity contribution < 1.29 is 22.1 Å². The van der Waals surface area contributed by atoms with Gasteiger partial charge in [-0.2, -0.15) is 0 Å². The van der Waals surface area contributed by atoms with E-state index in [-0.39, 0.29) is 0 Å². The molecule has 0 bridgehead atoms. The van der Waals surface area contributed by atoms with E-state index in [9.17, 15) is 5.11 Å². The van der Waals surface area contributed by atoms with Crippen LogP contribution in [0.2, 0.25) is 0 Å². The van der Waals surface area contributed by atoms with Gasteiger partial charge in [-0.1, -0.05) is 62.7 Å². The number of benzene rings is 3. The molecule has 1 unspecified atom stereocenters. The Hall–Kier alpha value is -1.15. The van der Waals surface area contributed by atoms with Crippen molar-refractivity contribution in [2.24, 2.45) is 4.99 Å². The summed E-state index contributed by atoms with van der Waals surface area (Å²) >= 11 is -0.556. The molecule has 0 aliphatic rings. The molecule has 3 rings (SSSR count). The van der Waals surface area contributed by atoms with Crippen LogP contribution in [0, 0.1) is 6.92 Å². The Kier molecular flexibility index (Phi) is 9.55. The van der Waals surface area contributed by atoms with Gasteiger partial charge in [0.15, 0.2) is 0 Å². The van der Waals surface area contributed by atoms with Crippen LogP contribution in [0.1, 0.15) is 11.1 Å². The Labute approximate surface area is 179 Å². The van der Waals surface area contributed by atoms with E-state index in [1.165, 1.54) is 10.9 Å². The van der Waals surface area contributed by atoms with Crippen LogP contribution in [0.15, 0.2) is 71.7 Å². The Bertz CT molecular complexity index is 904. The summed E-state index contributed by atoms with van der Waals surface area (Å²) in [5, 5.41) is 12.4. The van der Waals surface area contributed by atoms with Gasteiger partial charge < -0.3 is 5.11 Å². The molecule has 0 heterocycles. The van der Waals surface area contributed by atoms with Gasteiger partial charge in [0.25, 0.3) is 0 Å². The van der Waals surface area contributed by atoms with Crippen molar-refractivity contribution in [3.8, 4) is 16.9 Å². The second-order valence-corrected chi connectivity index (χ2v) is 9.68. The Morgan fingerprint density at radius 2 is 1.63 bits per heavy atom. The van der Waals surface area contributed by atoms with Gasteiger partial charge >= 0.3 is 35.6 Å². The second-order valence-electron chi connectivity index (χ2n) is 5.77. The summed E-state index contributed by atoms with van der Waals surface area (Å²) in [6.07, 6.45) is 1.88. The normalized spacial score (nSPS) is 10.8. The van der Waals surface area contributed by atoms with E-state index in [4.69, 9.17) is 18.6 Å². The maximum absolute atomic E-state index is 10.3. The molecule has 0 saturated heterocycles. The first-order valence-electron chi connectivity index (χ1n) is 8.23. The van der Waals surface area contributed by atoms with Crippen LogP contribution in [0.3, 0.4) is 0 Å². The first-order valence-corrected chi connectivity index (χ1v) is 13.5. The monoisotopic (exact) mass is 451 g/mol. The maximum atomic E-state index is 10.3. The minimum atomic E-state index is -0.556. The molecular formula is C21H20Cl2NOPTi. The Morgan fingerprint density at radius 3 is 2.30 bits per heavy atom. The number of phenolic OH excluding ortho intramolecular Hbond substituents is 1. The zero-order chi connectivity index (χ0) is 19.6. The number of halogens is 2. The number of aliphatic imine (C=N–C) groups is 1. The van der Waals surface area contributed by atoms with Gasteiger partial charge in [0, 0.05) is 24.1 Å². The van der Waals surface area contributed by atoms with Gasteiger partial charge in [0.2, 0.25) is 0 Å². The fraction of sp³-hybridized carbons (Fsp3) is 0.0952. The minimum absolute atomic E-state index is 0.341. The summed E-state index contributed by atoms with van der Waals surface area (Å²) in [5.74, 6) is 0.341. The number of phenols is 1. The topological polar surface area (TPSA) is 32.6 Å². The molecule has 0 saturated carbocycles. The fourth-order valence-corrected chi connectivity index (χ4v) is 3.81. The zero-order valence-corrected chi connectivity index (χ0v) is 19.2. The predicted molar refractivity (Wildman–Crippen MR) is 118 cm³/mol. The van der Waals surface area contributed by atoms with E-state index < -0.39 is 17.0 Å². The van der Waals surface area contributed by atoms with Crippen LogP contribution in [0.25, 0.3) is 11.1 Å². The molecule has 0 aromatic heterocycles. The number of hydrogen-bond donors (Lipinski definition) is 1. The average Bonchev–Trinajstić information content (AvgIpc) is 2.67. The first kappa shape index (κ1) is 22.1. The molecule has 0 aliphatic heterocycles. The van der Waals surface area contributed by atoms with Crippen LogP contribution in [0.5, 0.6) is 5.75 Å². The summed E-state index contributed by atoms with van der Waals surface area (Å²) < 4.78 is 0. The van der Waals surface area contributed by atoms with Crippen molar-refractivity contribution in [1.82, 2.24) is 0 Å². The summed E-state index contributed by atoms with van der Waals surface area (Å²) in [6.45, 7) is 2.08. The van der Waals surface area contributed by atoms with Crippen LogP contribution in [-0.2, 0) is 17.0 Å². The molecule has 0 fully saturated rings. The van der Waals surface area contributed by atoms with Crippen molar-refractivity contribution >= 4 is 44.0 Å². The third-order valence-electron chi connectivity index (χ3n) is 3.85. The van der Waals surface area contributed by atoms with Gasteiger partial charge in [-0.15, -0.1) is 0 Å². The van der Waals surface area contributed by atoms with Crippen molar-refractivity contribution in [3.63, 3.8) is 0 Å². The molecule has 0 aliphatic carbocycles. The molecule has 27 heavy (non-hydrogen) atoms. The van der Waals surface area contributed by atoms with Crippen LogP contribution < -0.4 is 10.6 Å². The number of aryl methyl sites for hydroxylation is 1.